The zero-order valence-corrected chi connectivity index (χ0v) is 16.5. The molecule has 2 aliphatic rings. The Morgan fingerprint density at radius 3 is 1.91 bits per heavy atom. The van der Waals surface area contributed by atoms with E-state index in [2.05, 4.69) is 0 Å². The Balaban J connectivity index is 1.64. The Morgan fingerprint density at radius 2 is 1.34 bits per heavy atom. The van der Waals surface area contributed by atoms with Crippen LogP contribution in [0.1, 0.15) is 0 Å². The number of aliphatic hydroxyl groups excluding tert-OH is 7. The molecule has 32 heavy (non-hydrogen) atoms. The van der Waals surface area contributed by atoms with Crippen LogP contribution in [-0.4, -0.2) is 115 Å². The van der Waals surface area contributed by atoms with Gasteiger partial charge in [-0.3, -0.25) is 10.1 Å². The van der Waals surface area contributed by atoms with Crippen LogP contribution in [0.15, 0.2) is 24.3 Å². The Kier molecular flexibility index (Phi) is 7.94. The van der Waals surface area contributed by atoms with Gasteiger partial charge in [-0.1, -0.05) is 0 Å². The van der Waals surface area contributed by atoms with Crippen molar-refractivity contribution in [3.63, 3.8) is 0 Å². The summed E-state index contributed by atoms with van der Waals surface area (Å²) in [5, 5.41) is 80.1. The Morgan fingerprint density at radius 1 is 0.812 bits per heavy atom. The summed E-state index contributed by atoms with van der Waals surface area (Å²) in [4.78, 5) is 10.1. The highest BCUT2D eigenvalue weighted by atomic mass is 16.7. The average molecular weight is 463 g/mol. The van der Waals surface area contributed by atoms with Crippen molar-refractivity contribution in [2.45, 2.75) is 61.4 Å². The van der Waals surface area contributed by atoms with E-state index in [1.807, 2.05) is 0 Å². The van der Waals surface area contributed by atoms with Crippen LogP contribution in [0.5, 0.6) is 5.75 Å². The van der Waals surface area contributed by atoms with E-state index >= 15 is 0 Å². The molecule has 0 aromatic heterocycles. The van der Waals surface area contributed by atoms with Gasteiger partial charge in [-0.2, -0.15) is 0 Å². The third kappa shape index (κ3) is 5.15. The van der Waals surface area contributed by atoms with Crippen LogP contribution >= 0.6 is 0 Å². The maximum absolute atomic E-state index is 10.7. The molecule has 3 rings (SSSR count). The molecule has 0 unspecified atom stereocenters. The summed E-state index contributed by atoms with van der Waals surface area (Å²) in [6, 6.07) is 4.83. The Labute approximate surface area is 180 Å². The van der Waals surface area contributed by atoms with Gasteiger partial charge in [0.2, 0.25) is 6.29 Å². The van der Waals surface area contributed by atoms with Crippen LogP contribution in [0, 0.1) is 10.1 Å². The molecule has 0 saturated carbocycles. The highest BCUT2D eigenvalue weighted by Gasteiger charge is 2.47. The summed E-state index contributed by atoms with van der Waals surface area (Å²) in [6.07, 6.45) is -15.4. The molecule has 7 N–H and O–H groups in total. The quantitative estimate of drug-likeness (QED) is 0.155. The average Bonchev–Trinajstić information content (AvgIpc) is 2.78. The Hall–Kier alpha value is -1.98. The molecular formula is C18H25NO13. The maximum Gasteiger partial charge on any atom is 0.269 e. The molecule has 0 amide bonds. The zero-order chi connectivity index (χ0) is 23.6. The summed E-state index contributed by atoms with van der Waals surface area (Å²) >= 11 is 0. The van der Waals surface area contributed by atoms with Crippen molar-refractivity contribution in [2.24, 2.45) is 0 Å². The van der Waals surface area contributed by atoms with E-state index in [9.17, 15) is 45.9 Å². The molecule has 1 aromatic rings. The van der Waals surface area contributed by atoms with Crippen molar-refractivity contribution in [2.75, 3.05) is 13.2 Å². The first-order valence-corrected chi connectivity index (χ1v) is 9.67. The van der Waals surface area contributed by atoms with Gasteiger partial charge in [0.25, 0.3) is 5.69 Å². The van der Waals surface area contributed by atoms with Crippen LogP contribution < -0.4 is 4.74 Å². The fourth-order valence-electron chi connectivity index (χ4n) is 3.33. The summed E-state index contributed by atoms with van der Waals surface area (Å²) in [5.74, 6) is 0.0804. The predicted molar refractivity (Wildman–Crippen MR) is 100 cm³/mol. The van der Waals surface area contributed by atoms with E-state index in [1.54, 1.807) is 0 Å². The molecule has 10 atom stereocenters. The third-order valence-corrected chi connectivity index (χ3v) is 5.24. The van der Waals surface area contributed by atoms with Crippen molar-refractivity contribution in [1.29, 1.82) is 0 Å². The molecular weight excluding hydrogens is 438 g/mol. The van der Waals surface area contributed by atoms with E-state index in [0.717, 1.165) is 12.1 Å². The molecule has 2 heterocycles. The molecule has 0 radical (unpaired) electrons. The van der Waals surface area contributed by atoms with Gasteiger partial charge in [-0.05, 0) is 12.1 Å². The zero-order valence-electron chi connectivity index (χ0n) is 16.5. The lowest BCUT2D eigenvalue weighted by Gasteiger charge is -2.42. The first kappa shape index (κ1) is 24.7. The summed E-state index contributed by atoms with van der Waals surface area (Å²) < 4.78 is 21.4. The number of rotatable bonds is 7. The van der Waals surface area contributed by atoms with Crippen LogP contribution in [0.2, 0.25) is 0 Å². The molecule has 14 nitrogen and oxygen atoms in total. The van der Waals surface area contributed by atoms with Gasteiger partial charge in [0.15, 0.2) is 6.29 Å². The second-order valence-corrected chi connectivity index (χ2v) is 7.41. The first-order chi connectivity index (χ1) is 15.1. The first-order valence-electron chi connectivity index (χ1n) is 9.67. The lowest BCUT2D eigenvalue weighted by molar-refractivity contribution is -0.384. The highest BCUT2D eigenvalue weighted by Crippen LogP contribution is 2.27. The van der Waals surface area contributed by atoms with Crippen molar-refractivity contribution < 1.29 is 59.6 Å². The van der Waals surface area contributed by atoms with Gasteiger partial charge in [0.05, 0.1) is 18.1 Å². The fraction of sp³-hybridized carbons (Fsp3) is 0.667. The number of hydrogen-bond acceptors (Lipinski definition) is 13. The van der Waals surface area contributed by atoms with Crippen LogP contribution in [0.25, 0.3) is 0 Å². The minimum atomic E-state index is -1.71. The third-order valence-electron chi connectivity index (χ3n) is 5.24. The van der Waals surface area contributed by atoms with Crippen molar-refractivity contribution in [1.82, 2.24) is 0 Å². The largest absolute Gasteiger partial charge is 0.462 e. The minimum Gasteiger partial charge on any atom is -0.462 e. The number of nitro groups is 1. The monoisotopic (exact) mass is 463 g/mol. The Bertz CT molecular complexity index is 762. The van der Waals surface area contributed by atoms with E-state index in [0.29, 0.717) is 0 Å². The minimum absolute atomic E-state index is 0.0804. The van der Waals surface area contributed by atoms with E-state index in [4.69, 9.17) is 18.9 Å². The van der Waals surface area contributed by atoms with Gasteiger partial charge < -0.3 is 54.7 Å². The number of nitrogens with zero attached hydrogens (tertiary/aromatic N) is 1. The van der Waals surface area contributed by atoms with Crippen molar-refractivity contribution in [3.05, 3.63) is 34.4 Å². The highest BCUT2D eigenvalue weighted by molar-refractivity contribution is 5.36. The number of non-ortho nitro benzene ring substituents is 1. The van der Waals surface area contributed by atoms with E-state index in [-0.39, 0.29) is 11.4 Å². The van der Waals surface area contributed by atoms with Crippen LogP contribution in [0.4, 0.5) is 5.69 Å². The second-order valence-electron chi connectivity index (χ2n) is 7.41. The van der Waals surface area contributed by atoms with Crippen LogP contribution in [-0.2, 0) is 14.2 Å². The van der Waals surface area contributed by atoms with Gasteiger partial charge in [-0.25, -0.2) is 0 Å². The molecule has 0 spiro atoms. The smallest absolute Gasteiger partial charge is 0.269 e. The molecule has 2 aliphatic heterocycles. The summed E-state index contributed by atoms with van der Waals surface area (Å²) in [7, 11) is 0. The number of ether oxygens (including phenoxy) is 4. The van der Waals surface area contributed by atoms with Gasteiger partial charge in [0, 0.05) is 12.1 Å². The maximum atomic E-state index is 10.7. The number of nitro benzene ring substituents is 1. The molecule has 0 bridgehead atoms. The van der Waals surface area contributed by atoms with E-state index in [1.165, 1.54) is 12.1 Å². The lowest BCUT2D eigenvalue weighted by Crippen LogP contribution is -2.62. The molecule has 0 aliphatic carbocycles. The molecule has 2 saturated heterocycles. The van der Waals surface area contributed by atoms with Crippen LogP contribution in [0.3, 0.4) is 0 Å². The van der Waals surface area contributed by atoms with Crippen molar-refractivity contribution in [3.8, 4) is 5.75 Å². The topological polar surface area (TPSA) is 222 Å². The summed E-state index contributed by atoms with van der Waals surface area (Å²) in [5.41, 5.74) is -0.191. The van der Waals surface area contributed by atoms with Crippen molar-refractivity contribution >= 4 is 5.69 Å². The predicted octanol–water partition coefficient (Wildman–Crippen LogP) is -3.40. The molecule has 1 aromatic carbocycles. The number of aliphatic hydroxyl groups is 7. The number of hydrogen-bond donors (Lipinski definition) is 7. The standard InChI is InChI=1S/C18H25NO13/c20-5-9-11(21)13(23)15(25)17(31-9)29-6-10-12(22)14(24)16(26)18(32-10)30-8-3-1-7(2-4-8)19(27)28/h1-4,9-18,20-26H,5-6H2/t9-,10-,11-,12-,13+,14+,15+,16+,17+,18+/m1/s1. The molecule has 180 valence electrons. The van der Waals surface area contributed by atoms with Gasteiger partial charge in [-0.15, -0.1) is 0 Å². The number of benzene rings is 1. The second kappa shape index (κ2) is 10.3. The SMILES string of the molecule is O=[N+]([O-])c1ccc(O[C@H]2O[C@H](CO[C@H]3O[C@H](CO)[C@@H](O)[C@H](O)[C@@H]3O)[C@@H](O)[C@H](O)[C@@H]2O)cc1. The molecule has 2 fully saturated rings. The van der Waals surface area contributed by atoms with Gasteiger partial charge in [0.1, 0.15) is 54.6 Å². The van der Waals surface area contributed by atoms with Gasteiger partial charge >= 0.3 is 0 Å². The van der Waals surface area contributed by atoms with E-state index < -0.39 is 79.5 Å². The normalized spacial score (nSPS) is 40.1. The lowest BCUT2D eigenvalue weighted by atomic mass is 9.98. The molecule has 14 heteroatoms. The summed E-state index contributed by atoms with van der Waals surface area (Å²) in [6.45, 7) is -1.17. The fourth-order valence-corrected chi connectivity index (χ4v) is 3.33.